The molecule has 0 atom stereocenters. The Balaban J connectivity index is 2.26. The molecule has 20 heavy (non-hydrogen) atoms. The van der Waals surface area contributed by atoms with Crippen molar-refractivity contribution < 1.29 is 4.74 Å². The number of hydrogen-bond acceptors (Lipinski definition) is 6. The Morgan fingerprint density at radius 2 is 2.30 bits per heavy atom. The molecule has 1 aromatic rings. The monoisotopic (exact) mass is 275 g/mol. The maximum atomic E-state index is 8.81. The quantitative estimate of drug-likeness (QED) is 0.784. The van der Waals surface area contributed by atoms with Crippen molar-refractivity contribution in [3.05, 3.63) is 6.33 Å². The van der Waals surface area contributed by atoms with Crippen molar-refractivity contribution in [1.82, 2.24) is 9.97 Å². The number of aromatic nitrogens is 2. The Bertz CT molecular complexity index is 481. The lowest BCUT2D eigenvalue weighted by atomic mass is 10.3. The third-order valence-electron chi connectivity index (χ3n) is 3.26. The molecule has 1 aromatic heterocycles. The maximum absolute atomic E-state index is 8.81. The number of ether oxygens (including phenoxy) is 1. The van der Waals surface area contributed by atoms with Gasteiger partial charge in [0.25, 0.3) is 0 Å². The van der Waals surface area contributed by atoms with Crippen molar-refractivity contribution in [2.45, 2.75) is 38.6 Å². The zero-order chi connectivity index (χ0) is 14.4. The fourth-order valence-corrected chi connectivity index (χ4v) is 2.14. The molecule has 1 saturated carbocycles. The molecule has 0 bridgehead atoms. The van der Waals surface area contributed by atoms with Crippen molar-refractivity contribution >= 4 is 11.6 Å². The second kappa shape index (κ2) is 6.94. The molecule has 1 heterocycles. The van der Waals surface area contributed by atoms with E-state index in [-0.39, 0.29) is 0 Å². The number of anilines is 2. The Hall–Kier alpha value is -2.03. The topological polar surface area (TPSA) is 74.1 Å². The lowest BCUT2D eigenvalue weighted by Crippen LogP contribution is -2.28. The molecule has 1 fully saturated rings. The van der Waals surface area contributed by atoms with Gasteiger partial charge in [0.2, 0.25) is 5.75 Å². The highest BCUT2D eigenvalue weighted by Gasteiger charge is 2.32. The predicted molar refractivity (Wildman–Crippen MR) is 78.0 cm³/mol. The summed E-state index contributed by atoms with van der Waals surface area (Å²) < 4.78 is 5.50. The number of hydrogen-bond donors (Lipinski definition) is 1. The van der Waals surface area contributed by atoms with Crippen LogP contribution in [0.3, 0.4) is 0 Å². The van der Waals surface area contributed by atoms with Gasteiger partial charge in [-0.05, 0) is 19.3 Å². The molecule has 2 rings (SSSR count). The van der Waals surface area contributed by atoms with Crippen molar-refractivity contribution in [2.75, 3.05) is 30.4 Å². The van der Waals surface area contributed by atoms with E-state index in [0.717, 1.165) is 37.4 Å². The van der Waals surface area contributed by atoms with Crippen LogP contribution in [0, 0.1) is 11.3 Å². The Kier molecular flexibility index (Phi) is 4.99. The zero-order valence-electron chi connectivity index (χ0n) is 12.1. The van der Waals surface area contributed by atoms with Crippen LogP contribution in [0.25, 0.3) is 0 Å². The smallest absolute Gasteiger partial charge is 0.204 e. The minimum Gasteiger partial charge on any atom is -0.490 e. The fourth-order valence-electron chi connectivity index (χ4n) is 2.14. The van der Waals surface area contributed by atoms with Gasteiger partial charge in [-0.1, -0.05) is 6.92 Å². The number of rotatable bonds is 8. The number of methoxy groups -OCH3 is 1. The van der Waals surface area contributed by atoms with E-state index in [0.29, 0.717) is 24.8 Å². The highest BCUT2D eigenvalue weighted by atomic mass is 16.5. The van der Waals surface area contributed by atoms with Crippen LogP contribution in [0.15, 0.2) is 6.33 Å². The molecule has 108 valence electrons. The zero-order valence-corrected chi connectivity index (χ0v) is 12.1. The van der Waals surface area contributed by atoms with Crippen LogP contribution in [-0.4, -0.2) is 36.2 Å². The van der Waals surface area contributed by atoms with Gasteiger partial charge in [0.05, 0.1) is 19.6 Å². The molecule has 6 heteroatoms. The van der Waals surface area contributed by atoms with E-state index in [1.165, 1.54) is 0 Å². The van der Waals surface area contributed by atoms with Crippen molar-refractivity contribution in [1.29, 1.82) is 5.26 Å². The second-order valence-corrected chi connectivity index (χ2v) is 4.84. The van der Waals surface area contributed by atoms with Gasteiger partial charge < -0.3 is 15.0 Å². The van der Waals surface area contributed by atoms with Crippen LogP contribution in [0.4, 0.5) is 11.6 Å². The van der Waals surface area contributed by atoms with Gasteiger partial charge in [0.1, 0.15) is 6.33 Å². The Morgan fingerprint density at radius 1 is 1.50 bits per heavy atom. The van der Waals surface area contributed by atoms with E-state index in [1.54, 1.807) is 13.4 Å². The van der Waals surface area contributed by atoms with Crippen LogP contribution in [0.2, 0.25) is 0 Å². The Labute approximate surface area is 119 Å². The molecule has 0 radical (unpaired) electrons. The summed E-state index contributed by atoms with van der Waals surface area (Å²) in [6.07, 6.45) is 5.36. The summed E-state index contributed by atoms with van der Waals surface area (Å²) in [7, 11) is 1.63. The van der Waals surface area contributed by atoms with Crippen LogP contribution < -0.4 is 15.0 Å². The molecule has 0 aromatic carbocycles. The summed E-state index contributed by atoms with van der Waals surface area (Å²) in [6.45, 7) is 3.63. The van der Waals surface area contributed by atoms with Gasteiger partial charge in [0, 0.05) is 19.1 Å². The summed E-state index contributed by atoms with van der Waals surface area (Å²) in [6, 6.07) is 2.67. The minimum absolute atomic E-state index is 0.478. The summed E-state index contributed by atoms with van der Waals surface area (Å²) in [5.41, 5.74) is 0. The first kappa shape index (κ1) is 14.4. The minimum atomic E-state index is 0.478. The molecule has 0 amide bonds. The normalized spacial score (nSPS) is 13.7. The fraction of sp³-hybridized carbons (Fsp3) is 0.643. The Morgan fingerprint density at radius 3 is 2.90 bits per heavy atom. The van der Waals surface area contributed by atoms with Gasteiger partial charge in [-0.15, -0.1) is 0 Å². The molecule has 1 aliphatic carbocycles. The maximum Gasteiger partial charge on any atom is 0.204 e. The highest BCUT2D eigenvalue weighted by Crippen LogP contribution is 2.38. The van der Waals surface area contributed by atoms with E-state index >= 15 is 0 Å². The number of nitrogens with one attached hydrogen (secondary N) is 1. The molecular formula is C14H21N5O. The second-order valence-electron chi connectivity index (χ2n) is 4.84. The molecule has 0 unspecified atom stereocenters. The summed E-state index contributed by atoms with van der Waals surface area (Å²) in [5, 5.41) is 12.1. The highest BCUT2D eigenvalue weighted by molar-refractivity contribution is 5.65. The van der Waals surface area contributed by atoms with E-state index in [1.807, 2.05) is 0 Å². The van der Waals surface area contributed by atoms with Crippen LogP contribution in [0.1, 0.15) is 32.6 Å². The van der Waals surface area contributed by atoms with Crippen molar-refractivity contribution in [3.8, 4) is 11.8 Å². The van der Waals surface area contributed by atoms with Crippen LogP contribution in [0.5, 0.6) is 5.75 Å². The molecule has 1 aliphatic rings. The summed E-state index contributed by atoms with van der Waals surface area (Å²) in [5.74, 6) is 2.19. The van der Waals surface area contributed by atoms with E-state index in [2.05, 4.69) is 33.2 Å². The third kappa shape index (κ3) is 3.29. The summed E-state index contributed by atoms with van der Waals surface area (Å²) >= 11 is 0. The third-order valence-corrected chi connectivity index (χ3v) is 3.26. The van der Waals surface area contributed by atoms with Crippen LogP contribution >= 0.6 is 0 Å². The first-order valence-electron chi connectivity index (χ1n) is 7.08. The molecule has 0 saturated heterocycles. The molecular weight excluding hydrogens is 254 g/mol. The van der Waals surface area contributed by atoms with E-state index in [9.17, 15) is 0 Å². The van der Waals surface area contributed by atoms with Crippen molar-refractivity contribution in [2.24, 2.45) is 0 Å². The molecule has 0 aliphatic heterocycles. The molecule has 0 spiro atoms. The average Bonchev–Trinajstić information content (AvgIpc) is 3.30. The van der Waals surface area contributed by atoms with Gasteiger partial charge >= 0.3 is 0 Å². The standard InChI is InChI=1S/C14H21N5O/c1-3-8-16-13-12(20-2)14(18-10-17-13)19(9-4-7-15)11-5-6-11/h10-11H,3-6,8-9H2,1-2H3,(H,16,17,18). The first-order valence-corrected chi connectivity index (χ1v) is 7.08. The summed E-state index contributed by atoms with van der Waals surface area (Å²) in [4.78, 5) is 10.8. The van der Waals surface area contributed by atoms with Gasteiger partial charge in [-0.3, -0.25) is 0 Å². The van der Waals surface area contributed by atoms with E-state index < -0.39 is 0 Å². The van der Waals surface area contributed by atoms with Crippen molar-refractivity contribution in [3.63, 3.8) is 0 Å². The average molecular weight is 275 g/mol. The SMILES string of the molecule is CCCNc1ncnc(N(CCC#N)C2CC2)c1OC. The molecule has 6 nitrogen and oxygen atoms in total. The molecule has 1 N–H and O–H groups in total. The van der Waals surface area contributed by atoms with Gasteiger partial charge in [-0.25, -0.2) is 9.97 Å². The van der Waals surface area contributed by atoms with Gasteiger partial charge in [0.15, 0.2) is 11.6 Å². The first-order chi connectivity index (χ1) is 9.81. The van der Waals surface area contributed by atoms with Gasteiger partial charge in [-0.2, -0.15) is 5.26 Å². The lowest BCUT2D eigenvalue weighted by Gasteiger charge is -2.25. The number of nitriles is 1. The number of nitrogens with zero attached hydrogens (tertiary/aromatic N) is 4. The largest absolute Gasteiger partial charge is 0.490 e. The van der Waals surface area contributed by atoms with Crippen LogP contribution in [-0.2, 0) is 0 Å². The predicted octanol–water partition coefficient (Wildman–Crippen LogP) is 2.19. The lowest BCUT2D eigenvalue weighted by molar-refractivity contribution is 0.412. The van der Waals surface area contributed by atoms with E-state index in [4.69, 9.17) is 10.00 Å².